The first-order chi connectivity index (χ1) is 12.4. The van der Waals surface area contributed by atoms with Crippen molar-refractivity contribution in [1.29, 1.82) is 0 Å². The molecule has 0 fully saturated rings. The van der Waals surface area contributed by atoms with Gasteiger partial charge in [0.1, 0.15) is 0 Å². The fourth-order valence-corrected chi connectivity index (χ4v) is 2.56. The van der Waals surface area contributed by atoms with Crippen LogP contribution in [-0.2, 0) is 4.79 Å². The minimum atomic E-state index is -1.10. The summed E-state index contributed by atoms with van der Waals surface area (Å²) in [5, 5.41) is 22.6. The molecule has 2 aromatic rings. The summed E-state index contributed by atoms with van der Waals surface area (Å²) >= 11 is 0. The standard InChI is InChI=1S/C17H14N2O7/c20-16(21)8-13(10-4-5-14-15(7-10)26-9-25-14)18-17(22)11-2-1-3-12(6-11)19(23)24/h1-7,13H,8-9H2,(H,18,22)(H,20,21)/t13-/m0/s1. The third kappa shape index (κ3) is 3.72. The van der Waals surface area contributed by atoms with E-state index in [1.54, 1.807) is 18.2 Å². The lowest BCUT2D eigenvalue weighted by Gasteiger charge is -2.18. The van der Waals surface area contributed by atoms with Crippen LogP contribution >= 0.6 is 0 Å². The Kier molecular flexibility index (Phi) is 4.70. The van der Waals surface area contributed by atoms with Gasteiger partial charge in [-0.1, -0.05) is 12.1 Å². The largest absolute Gasteiger partial charge is 0.481 e. The highest BCUT2D eigenvalue weighted by atomic mass is 16.7. The molecule has 0 radical (unpaired) electrons. The van der Waals surface area contributed by atoms with Crippen molar-refractivity contribution in [2.24, 2.45) is 0 Å². The number of ether oxygens (including phenoxy) is 2. The van der Waals surface area contributed by atoms with E-state index in [1.807, 2.05) is 0 Å². The Morgan fingerprint density at radius 1 is 1.19 bits per heavy atom. The van der Waals surface area contributed by atoms with Crippen LogP contribution in [-0.4, -0.2) is 28.7 Å². The molecule has 9 nitrogen and oxygen atoms in total. The Morgan fingerprint density at radius 3 is 2.69 bits per heavy atom. The zero-order valence-corrected chi connectivity index (χ0v) is 13.4. The van der Waals surface area contributed by atoms with Gasteiger partial charge in [0, 0.05) is 17.7 Å². The van der Waals surface area contributed by atoms with E-state index < -0.39 is 22.8 Å². The van der Waals surface area contributed by atoms with Crippen LogP contribution in [0.15, 0.2) is 42.5 Å². The molecule has 1 aliphatic heterocycles. The van der Waals surface area contributed by atoms with E-state index in [0.717, 1.165) is 6.07 Å². The first-order valence-corrected chi connectivity index (χ1v) is 7.60. The van der Waals surface area contributed by atoms with Gasteiger partial charge in [0.05, 0.1) is 17.4 Å². The third-order valence-corrected chi connectivity index (χ3v) is 3.80. The quantitative estimate of drug-likeness (QED) is 0.599. The summed E-state index contributed by atoms with van der Waals surface area (Å²) in [6, 6.07) is 9.23. The van der Waals surface area contributed by atoms with Crippen molar-refractivity contribution in [3.63, 3.8) is 0 Å². The number of carboxylic acids is 1. The number of fused-ring (bicyclic) bond motifs is 1. The average molecular weight is 358 g/mol. The number of carbonyl (C=O) groups excluding carboxylic acids is 1. The van der Waals surface area contributed by atoms with Crippen molar-refractivity contribution in [2.45, 2.75) is 12.5 Å². The lowest BCUT2D eigenvalue weighted by Crippen LogP contribution is -2.30. The van der Waals surface area contributed by atoms with E-state index in [1.165, 1.54) is 18.2 Å². The van der Waals surface area contributed by atoms with E-state index in [9.17, 15) is 19.7 Å². The maximum absolute atomic E-state index is 12.4. The molecule has 2 N–H and O–H groups in total. The lowest BCUT2D eigenvalue weighted by atomic mass is 10.0. The van der Waals surface area contributed by atoms with Crippen molar-refractivity contribution in [2.75, 3.05) is 6.79 Å². The van der Waals surface area contributed by atoms with E-state index >= 15 is 0 Å². The van der Waals surface area contributed by atoms with Crippen LogP contribution in [0.3, 0.4) is 0 Å². The van der Waals surface area contributed by atoms with Crippen molar-refractivity contribution in [3.05, 3.63) is 63.7 Å². The average Bonchev–Trinajstić information content (AvgIpc) is 3.08. The summed E-state index contributed by atoms with van der Waals surface area (Å²) in [6.45, 7) is 0.0719. The normalized spacial score (nSPS) is 13.1. The maximum Gasteiger partial charge on any atom is 0.305 e. The predicted molar refractivity (Wildman–Crippen MR) is 88.1 cm³/mol. The molecule has 26 heavy (non-hydrogen) atoms. The number of nitro groups is 1. The van der Waals surface area contributed by atoms with Crippen molar-refractivity contribution in [1.82, 2.24) is 5.32 Å². The maximum atomic E-state index is 12.4. The number of hydrogen-bond donors (Lipinski definition) is 2. The number of nitrogens with zero attached hydrogens (tertiary/aromatic N) is 1. The summed E-state index contributed by atoms with van der Waals surface area (Å²) < 4.78 is 10.5. The molecule has 9 heteroatoms. The van der Waals surface area contributed by atoms with Crippen molar-refractivity contribution in [3.8, 4) is 11.5 Å². The molecule has 134 valence electrons. The minimum absolute atomic E-state index is 0.0651. The van der Waals surface area contributed by atoms with Gasteiger partial charge in [-0.15, -0.1) is 0 Å². The number of carboxylic acid groups (broad SMARTS) is 1. The van der Waals surface area contributed by atoms with E-state index in [-0.39, 0.29) is 24.5 Å². The van der Waals surface area contributed by atoms with Gasteiger partial charge in [0.2, 0.25) is 6.79 Å². The molecule has 1 amide bonds. The molecule has 1 aliphatic rings. The topological polar surface area (TPSA) is 128 Å². The number of carbonyl (C=O) groups is 2. The van der Waals surface area contributed by atoms with Crippen LogP contribution in [0, 0.1) is 10.1 Å². The zero-order valence-electron chi connectivity index (χ0n) is 13.4. The van der Waals surface area contributed by atoms with E-state index in [2.05, 4.69) is 5.32 Å². The molecular formula is C17H14N2O7. The summed E-state index contributed by atoms with van der Waals surface area (Å²) in [4.78, 5) is 33.9. The Bertz CT molecular complexity index is 881. The highest BCUT2D eigenvalue weighted by Crippen LogP contribution is 2.35. The van der Waals surface area contributed by atoms with E-state index in [0.29, 0.717) is 17.1 Å². The van der Waals surface area contributed by atoms with Crippen molar-refractivity contribution < 1.29 is 29.1 Å². The number of amides is 1. The molecule has 0 saturated carbocycles. The molecule has 1 atom stereocenters. The van der Waals surface area contributed by atoms with E-state index in [4.69, 9.17) is 14.6 Å². The second-order valence-electron chi connectivity index (χ2n) is 5.54. The SMILES string of the molecule is O=C(O)C[C@H](NC(=O)c1cccc([N+](=O)[O-])c1)c1ccc2c(c1)OCO2. The molecule has 0 saturated heterocycles. The number of nitrogens with one attached hydrogen (secondary N) is 1. The number of non-ortho nitro benzene ring substituents is 1. The van der Waals surface area contributed by atoms with Crippen LogP contribution in [0.4, 0.5) is 5.69 Å². The van der Waals surface area contributed by atoms with Crippen molar-refractivity contribution >= 4 is 17.6 Å². The fourth-order valence-electron chi connectivity index (χ4n) is 2.56. The van der Waals surface area contributed by atoms with Gasteiger partial charge in [-0.3, -0.25) is 19.7 Å². The summed E-state index contributed by atoms with van der Waals surface area (Å²) in [7, 11) is 0. The molecule has 2 aromatic carbocycles. The zero-order chi connectivity index (χ0) is 18.7. The van der Waals surface area contributed by atoms with Crippen LogP contribution in [0.25, 0.3) is 0 Å². The molecule has 0 unspecified atom stereocenters. The smallest absolute Gasteiger partial charge is 0.305 e. The van der Waals surface area contributed by atoms with Gasteiger partial charge in [0.15, 0.2) is 11.5 Å². The molecule has 0 aromatic heterocycles. The van der Waals surface area contributed by atoms with Gasteiger partial charge in [0.25, 0.3) is 11.6 Å². The number of rotatable bonds is 6. The molecule has 0 bridgehead atoms. The molecule has 0 aliphatic carbocycles. The lowest BCUT2D eigenvalue weighted by molar-refractivity contribution is -0.384. The molecular weight excluding hydrogens is 344 g/mol. The second-order valence-corrected chi connectivity index (χ2v) is 5.54. The number of benzene rings is 2. The second kappa shape index (κ2) is 7.09. The van der Waals surface area contributed by atoms with Crippen LogP contribution in [0.2, 0.25) is 0 Å². The fraction of sp³-hybridized carbons (Fsp3) is 0.176. The first kappa shape index (κ1) is 17.2. The summed E-state index contributed by atoms with van der Waals surface area (Å²) in [5.41, 5.74) is 0.362. The Hall–Kier alpha value is -3.62. The number of hydrogen-bond acceptors (Lipinski definition) is 6. The Morgan fingerprint density at radius 2 is 1.96 bits per heavy atom. The van der Waals surface area contributed by atoms with Gasteiger partial charge in [-0.25, -0.2) is 0 Å². The third-order valence-electron chi connectivity index (χ3n) is 3.80. The van der Waals surface area contributed by atoms with Gasteiger partial charge in [-0.2, -0.15) is 0 Å². The molecule has 1 heterocycles. The monoisotopic (exact) mass is 358 g/mol. The predicted octanol–water partition coefficient (Wildman–Crippen LogP) is 2.27. The van der Waals surface area contributed by atoms with Crippen LogP contribution in [0.1, 0.15) is 28.4 Å². The minimum Gasteiger partial charge on any atom is -0.481 e. The summed E-state index contributed by atoms with van der Waals surface area (Å²) in [6.07, 6.45) is -0.361. The van der Waals surface area contributed by atoms with Crippen LogP contribution in [0.5, 0.6) is 11.5 Å². The molecule has 0 spiro atoms. The van der Waals surface area contributed by atoms with Gasteiger partial charge >= 0.3 is 5.97 Å². The number of nitro benzene ring substituents is 1. The number of aliphatic carboxylic acids is 1. The summed E-state index contributed by atoms with van der Waals surface area (Å²) in [5.74, 6) is -0.722. The van der Waals surface area contributed by atoms with Gasteiger partial charge < -0.3 is 19.9 Å². The first-order valence-electron chi connectivity index (χ1n) is 7.60. The Balaban J connectivity index is 1.84. The van der Waals surface area contributed by atoms with Gasteiger partial charge in [-0.05, 0) is 23.8 Å². The molecule has 3 rings (SSSR count). The van der Waals surface area contributed by atoms with Crippen LogP contribution < -0.4 is 14.8 Å². The Labute approximate surface area is 147 Å². The highest BCUT2D eigenvalue weighted by molar-refractivity contribution is 5.95. The highest BCUT2D eigenvalue weighted by Gasteiger charge is 2.23.